The van der Waals surface area contributed by atoms with Crippen molar-refractivity contribution in [3.63, 3.8) is 0 Å². The Bertz CT molecular complexity index is 391. The van der Waals surface area contributed by atoms with E-state index >= 15 is 0 Å². The maximum atomic E-state index is 11.0. The van der Waals surface area contributed by atoms with E-state index in [4.69, 9.17) is 5.11 Å². The maximum absolute atomic E-state index is 11.0. The predicted molar refractivity (Wildman–Crippen MR) is 71.5 cm³/mol. The Kier molecular flexibility index (Phi) is 4.37. The Labute approximate surface area is 108 Å². The van der Waals surface area contributed by atoms with Crippen LogP contribution in [-0.4, -0.2) is 35.6 Å². The second kappa shape index (κ2) is 6.01. The lowest BCUT2D eigenvalue weighted by Gasteiger charge is -2.14. The Morgan fingerprint density at radius 3 is 2.67 bits per heavy atom. The van der Waals surface area contributed by atoms with Crippen molar-refractivity contribution in [3.05, 3.63) is 35.9 Å². The molecule has 3 nitrogen and oxygen atoms in total. The molecule has 0 amide bonds. The van der Waals surface area contributed by atoms with Crippen molar-refractivity contribution in [3.8, 4) is 0 Å². The summed E-state index contributed by atoms with van der Waals surface area (Å²) in [7, 11) is 0. The largest absolute Gasteiger partial charge is 0.481 e. The Morgan fingerprint density at radius 1 is 1.33 bits per heavy atom. The lowest BCUT2D eigenvalue weighted by atomic mass is 9.99. The normalized spacial score (nSPS) is 24.3. The molecule has 2 rings (SSSR count). The van der Waals surface area contributed by atoms with Gasteiger partial charge in [0.15, 0.2) is 0 Å². The van der Waals surface area contributed by atoms with E-state index in [0.29, 0.717) is 6.54 Å². The number of hydrogen-bond acceptors (Lipinski definition) is 2. The minimum absolute atomic E-state index is 0.179. The van der Waals surface area contributed by atoms with E-state index in [1.54, 1.807) is 0 Å². The zero-order chi connectivity index (χ0) is 13.0. The molecule has 0 aromatic heterocycles. The van der Waals surface area contributed by atoms with E-state index in [1.165, 1.54) is 5.56 Å². The molecule has 1 aliphatic rings. The number of rotatable bonds is 5. The molecule has 1 saturated heterocycles. The first kappa shape index (κ1) is 13.1. The Balaban J connectivity index is 1.74. The molecule has 0 unspecified atom stereocenters. The number of benzene rings is 1. The van der Waals surface area contributed by atoms with Gasteiger partial charge < -0.3 is 10.0 Å². The van der Waals surface area contributed by atoms with Gasteiger partial charge in [-0.25, -0.2) is 0 Å². The van der Waals surface area contributed by atoms with E-state index in [2.05, 4.69) is 29.2 Å². The van der Waals surface area contributed by atoms with Gasteiger partial charge in [-0.05, 0) is 30.9 Å². The Hall–Kier alpha value is -1.35. The van der Waals surface area contributed by atoms with Crippen LogP contribution < -0.4 is 0 Å². The molecule has 3 heteroatoms. The highest BCUT2D eigenvalue weighted by atomic mass is 16.4. The molecule has 0 saturated carbocycles. The van der Waals surface area contributed by atoms with Crippen LogP contribution in [0.3, 0.4) is 0 Å². The van der Waals surface area contributed by atoms with Gasteiger partial charge in [-0.3, -0.25) is 4.79 Å². The molecule has 1 aromatic carbocycles. The summed E-state index contributed by atoms with van der Waals surface area (Å²) < 4.78 is 0. The molecule has 0 radical (unpaired) electrons. The predicted octanol–water partition coefficient (Wildman–Crippen LogP) is 2.27. The standard InChI is InChI=1S/C15H21NO2/c1-12-10-16(11-14(12)15(17)18)9-5-8-13-6-3-2-4-7-13/h2-4,6-7,12,14H,5,8-11H2,1H3,(H,17,18)/t12-,14-/m1/s1. The van der Waals surface area contributed by atoms with Gasteiger partial charge >= 0.3 is 5.97 Å². The van der Waals surface area contributed by atoms with Gasteiger partial charge in [0.25, 0.3) is 0 Å². The van der Waals surface area contributed by atoms with Crippen LogP contribution in [0.4, 0.5) is 0 Å². The number of hydrogen-bond donors (Lipinski definition) is 1. The minimum Gasteiger partial charge on any atom is -0.481 e. The molecule has 1 aromatic rings. The molecular weight excluding hydrogens is 226 g/mol. The first-order valence-electron chi connectivity index (χ1n) is 6.66. The van der Waals surface area contributed by atoms with Gasteiger partial charge in [-0.2, -0.15) is 0 Å². The fourth-order valence-electron chi connectivity index (χ4n) is 2.72. The second-order valence-electron chi connectivity index (χ2n) is 5.27. The SMILES string of the molecule is C[C@@H]1CN(CCCc2ccccc2)C[C@H]1C(=O)O. The third kappa shape index (κ3) is 3.33. The van der Waals surface area contributed by atoms with Crippen molar-refractivity contribution in [1.82, 2.24) is 4.90 Å². The molecule has 1 heterocycles. The van der Waals surface area contributed by atoms with Crippen molar-refractivity contribution in [2.45, 2.75) is 19.8 Å². The van der Waals surface area contributed by atoms with Crippen LogP contribution in [0.15, 0.2) is 30.3 Å². The van der Waals surface area contributed by atoms with Crippen LogP contribution in [-0.2, 0) is 11.2 Å². The summed E-state index contributed by atoms with van der Waals surface area (Å²) in [5.74, 6) is -0.547. The van der Waals surface area contributed by atoms with E-state index < -0.39 is 5.97 Å². The van der Waals surface area contributed by atoms with E-state index in [9.17, 15) is 4.79 Å². The van der Waals surface area contributed by atoms with Crippen LogP contribution in [0.25, 0.3) is 0 Å². The van der Waals surface area contributed by atoms with Gasteiger partial charge in [0.2, 0.25) is 0 Å². The highest BCUT2D eigenvalue weighted by Crippen LogP contribution is 2.23. The number of aryl methyl sites for hydroxylation is 1. The van der Waals surface area contributed by atoms with Gasteiger partial charge in [0.1, 0.15) is 0 Å². The van der Waals surface area contributed by atoms with Crippen molar-refractivity contribution < 1.29 is 9.90 Å². The van der Waals surface area contributed by atoms with Crippen molar-refractivity contribution >= 4 is 5.97 Å². The fraction of sp³-hybridized carbons (Fsp3) is 0.533. The number of aliphatic carboxylic acids is 1. The smallest absolute Gasteiger partial charge is 0.308 e. The van der Waals surface area contributed by atoms with Gasteiger partial charge in [0, 0.05) is 13.1 Å². The summed E-state index contributed by atoms with van der Waals surface area (Å²) in [4.78, 5) is 13.3. The van der Waals surface area contributed by atoms with Crippen LogP contribution in [0.2, 0.25) is 0 Å². The summed E-state index contributed by atoms with van der Waals surface area (Å²) in [6.07, 6.45) is 2.17. The van der Waals surface area contributed by atoms with Crippen molar-refractivity contribution in [2.75, 3.05) is 19.6 Å². The third-order valence-electron chi connectivity index (χ3n) is 3.79. The minimum atomic E-state index is -0.645. The summed E-state index contributed by atoms with van der Waals surface area (Å²) in [6.45, 7) is 4.68. The first-order chi connectivity index (χ1) is 8.66. The topological polar surface area (TPSA) is 40.5 Å². The molecular formula is C15H21NO2. The molecule has 0 aliphatic carbocycles. The average molecular weight is 247 g/mol. The molecule has 0 spiro atoms. The summed E-state index contributed by atoms with van der Waals surface area (Å²) >= 11 is 0. The van der Waals surface area contributed by atoms with Gasteiger partial charge in [-0.15, -0.1) is 0 Å². The van der Waals surface area contributed by atoms with E-state index in [0.717, 1.165) is 25.9 Å². The molecule has 1 N–H and O–H groups in total. The van der Waals surface area contributed by atoms with Crippen molar-refractivity contribution in [1.29, 1.82) is 0 Å². The number of nitrogens with zero attached hydrogens (tertiary/aromatic N) is 1. The molecule has 1 fully saturated rings. The molecule has 18 heavy (non-hydrogen) atoms. The Morgan fingerprint density at radius 2 is 2.06 bits per heavy atom. The second-order valence-corrected chi connectivity index (χ2v) is 5.27. The molecule has 2 atom stereocenters. The lowest BCUT2D eigenvalue weighted by molar-refractivity contribution is -0.142. The molecule has 1 aliphatic heterocycles. The third-order valence-corrected chi connectivity index (χ3v) is 3.79. The fourth-order valence-corrected chi connectivity index (χ4v) is 2.72. The van der Waals surface area contributed by atoms with Crippen LogP contribution in [0, 0.1) is 11.8 Å². The summed E-state index contributed by atoms with van der Waals surface area (Å²) in [5, 5.41) is 9.08. The van der Waals surface area contributed by atoms with E-state index in [-0.39, 0.29) is 11.8 Å². The van der Waals surface area contributed by atoms with Gasteiger partial charge in [0.05, 0.1) is 5.92 Å². The van der Waals surface area contributed by atoms with E-state index in [1.807, 2.05) is 13.0 Å². The first-order valence-corrected chi connectivity index (χ1v) is 6.66. The zero-order valence-corrected chi connectivity index (χ0v) is 10.9. The molecule has 0 bridgehead atoms. The summed E-state index contributed by atoms with van der Waals surface area (Å²) in [6, 6.07) is 10.4. The number of carboxylic acids is 1. The highest BCUT2D eigenvalue weighted by molar-refractivity contribution is 5.71. The highest BCUT2D eigenvalue weighted by Gasteiger charge is 2.34. The van der Waals surface area contributed by atoms with Crippen LogP contribution in [0.1, 0.15) is 18.9 Å². The number of likely N-dealkylation sites (tertiary alicyclic amines) is 1. The zero-order valence-electron chi connectivity index (χ0n) is 10.9. The monoisotopic (exact) mass is 247 g/mol. The average Bonchev–Trinajstić information content (AvgIpc) is 2.72. The summed E-state index contributed by atoms with van der Waals surface area (Å²) in [5.41, 5.74) is 1.36. The van der Waals surface area contributed by atoms with Gasteiger partial charge in [-0.1, -0.05) is 37.3 Å². The maximum Gasteiger partial charge on any atom is 0.308 e. The number of carbonyl (C=O) groups is 1. The van der Waals surface area contributed by atoms with Crippen LogP contribution in [0.5, 0.6) is 0 Å². The van der Waals surface area contributed by atoms with Crippen LogP contribution >= 0.6 is 0 Å². The number of carboxylic acid groups (broad SMARTS) is 1. The molecule has 98 valence electrons. The lowest BCUT2D eigenvalue weighted by Crippen LogP contribution is -2.24. The quantitative estimate of drug-likeness (QED) is 0.867. The van der Waals surface area contributed by atoms with Crippen molar-refractivity contribution in [2.24, 2.45) is 11.8 Å².